The standard InChI is InChI=1S/C11H10OS/c1-12-6-4-9-2-3-11-10(8-9)5-7-13-11/h2-8H,1H3/b6-4-. The van der Waals surface area contributed by atoms with Gasteiger partial charge in [0.05, 0.1) is 13.4 Å². The number of hydrogen-bond acceptors (Lipinski definition) is 2. The van der Waals surface area contributed by atoms with Gasteiger partial charge in [0.1, 0.15) is 0 Å². The van der Waals surface area contributed by atoms with Crippen LogP contribution in [0.4, 0.5) is 0 Å². The topological polar surface area (TPSA) is 9.23 Å². The minimum absolute atomic E-state index is 1.17. The zero-order chi connectivity index (χ0) is 9.10. The Morgan fingerprint density at radius 1 is 1.31 bits per heavy atom. The molecule has 0 aliphatic carbocycles. The lowest BCUT2D eigenvalue weighted by Gasteiger charge is -1.93. The van der Waals surface area contributed by atoms with E-state index in [-0.39, 0.29) is 0 Å². The fraction of sp³-hybridized carbons (Fsp3) is 0.0909. The van der Waals surface area contributed by atoms with E-state index in [4.69, 9.17) is 4.74 Å². The van der Waals surface area contributed by atoms with Crippen LogP contribution in [0.3, 0.4) is 0 Å². The molecule has 1 nitrogen and oxygen atoms in total. The van der Waals surface area contributed by atoms with Gasteiger partial charge in [-0.1, -0.05) is 6.07 Å². The van der Waals surface area contributed by atoms with Crippen LogP contribution in [0.2, 0.25) is 0 Å². The van der Waals surface area contributed by atoms with Crippen molar-refractivity contribution in [1.82, 2.24) is 0 Å². The molecule has 0 aliphatic heterocycles. The molecule has 1 heterocycles. The van der Waals surface area contributed by atoms with Crippen LogP contribution in [-0.4, -0.2) is 7.11 Å². The fourth-order valence-electron chi connectivity index (χ4n) is 1.24. The van der Waals surface area contributed by atoms with E-state index in [1.165, 1.54) is 15.6 Å². The number of fused-ring (bicyclic) bond motifs is 1. The van der Waals surface area contributed by atoms with Crippen LogP contribution in [0, 0.1) is 0 Å². The van der Waals surface area contributed by atoms with E-state index in [9.17, 15) is 0 Å². The summed E-state index contributed by atoms with van der Waals surface area (Å²) in [6.45, 7) is 0. The summed E-state index contributed by atoms with van der Waals surface area (Å²) < 4.78 is 6.19. The lowest BCUT2D eigenvalue weighted by Crippen LogP contribution is -1.71. The van der Waals surface area contributed by atoms with Gasteiger partial charge in [-0.05, 0) is 40.6 Å². The summed E-state index contributed by atoms with van der Waals surface area (Å²) in [5.41, 5.74) is 1.17. The summed E-state index contributed by atoms with van der Waals surface area (Å²) in [7, 11) is 1.65. The minimum atomic E-state index is 1.17. The van der Waals surface area contributed by atoms with E-state index in [2.05, 4.69) is 29.6 Å². The van der Waals surface area contributed by atoms with Gasteiger partial charge in [-0.15, -0.1) is 11.3 Å². The van der Waals surface area contributed by atoms with Crippen molar-refractivity contribution in [3.05, 3.63) is 41.5 Å². The van der Waals surface area contributed by atoms with Gasteiger partial charge in [0, 0.05) is 4.70 Å². The first kappa shape index (κ1) is 8.32. The van der Waals surface area contributed by atoms with E-state index in [0.29, 0.717) is 0 Å². The molecule has 0 radical (unpaired) electrons. The third-order valence-corrected chi connectivity index (χ3v) is 2.77. The second-order valence-corrected chi connectivity index (χ2v) is 3.70. The molecule has 13 heavy (non-hydrogen) atoms. The first-order chi connectivity index (χ1) is 6.40. The molecule has 0 amide bonds. The lowest BCUT2D eigenvalue weighted by molar-refractivity contribution is 0.341. The number of thiophene rings is 1. The maximum Gasteiger partial charge on any atom is 0.0830 e. The molecule has 0 N–H and O–H groups in total. The fourth-order valence-corrected chi connectivity index (χ4v) is 2.01. The Balaban J connectivity index is 2.42. The van der Waals surface area contributed by atoms with Crippen LogP contribution in [-0.2, 0) is 4.74 Å². The summed E-state index contributed by atoms with van der Waals surface area (Å²) in [6, 6.07) is 8.51. The average molecular weight is 190 g/mol. The quantitative estimate of drug-likeness (QED) is 0.658. The molecular weight excluding hydrogens is 180 g/mol. The Labute approximate surface area is 81.3 Å². The van der Waals surface area contributed by atoms with Crippen molar-refractivity contribution in [3.8, 4) is 0 Å². The van der Waals surface area contributed by atoms with Crippen LogP contribution in [0.1, 0.15) is 5.56 Å². The van der Waals surface area contributed by atoms with Crippen LogP contribution in [0.15, 0.2) is 35.9 Å². The molecule has 0 aliphatic rings. The minimum Gasteiger partial charge on any atom is -0.504 e. The van der Waals surface area contributed by atoms with Crippen molar-refractivity contribution in [2.45, 2.75) is 0 Å². The Kier molecular flexibility index (Phi) is 2.32. The largest absolute Gasteiger partial charge is 0.504 e. The van der Waals surface area contributed by atoms with Crippen LogP contribution >= 0.6 is 11.3 Å². The SMILES string of the molecule is CO/C=C\c1ccc2sccc2c1. The Bertz CT molecular complexity index is 428. The number of hydrogen-bond donors (Lipinski definition) is 0. The maximum absolute atomic E-state index is 4.86. The van der Waals surface area contributed by atoms with Gasteiger partial charge in [-0.3, -0.25) is 0 Å². The summed E-state index contributed by atoms with van der Waals surface area (Å²) in [5.74, 6) is 0. The van der Waals surface area contributed by atoms with Crippen LogP contribution in [0.5, 0.6) is 0 Å². The molecule has 66 valence electrons. The first-order valence-corrected chi connectivity index (χ1v) is 4.95. The van der Waals surface area contributed by atoms with Crippen LogP contribution < -0.4 is 0 Å². The second kappa shape index (κ2) is 3.62. The molecule has 2 heteroatoms. The maximum atomic E-state index is 4.86. The summed E-state index contributed by atoms with van der Waals surface area (Å²) in [5, 5.41) is 3.40. The smallest absolute Gasteiger partial charge is 0.0830 e. The summed E-state index contributed by atoms with van der Waals surface area (Å²) in [4.78, 5) is 0. The molecule has 2 rings (SSSR count). The van der Waals surface area contributed by atoms with Crippen LogP contribution in [0.25, 0.3) is 16.2 Å². The van der Waals surface area contributed by atoms with Crippen molar-refractivity contribution in [1.29, 1.82) is 0 Å². The molecule has 2 aromatic rings. The summed E-state index contributed by atoms with van der Waals surface area (Å²) in [6.07, 6.45) is 3.64. The molecule has 1 aromatic carbocycles. The van der Waals surface area contributed by atoms with Gasteiger partial charge in [0.2, 0.25) is 0 Å². The highest BCUT2D eigenvalue weighted by Crippen LogP contribution is 2.22. The van der Waals surface area contributed by atoms with E-state index >= 15 is 0 Å². The molecule has 0 bridgehead atoms. The second-order valence-electron chi connectivity index (χ2n) is 2.76. The first-order valence-electron chi connectivity index (χ1n) is 4.07. The van der Waals surface area contributed by atoms with Crippen molar-refractivity contribution < 1.29 is 4.74 Å². The molecular formula is C11H10OS. The van der Waals surface area contributed by atoms with Gasteiger partial charge >= 0.3 is 0 Å². The van der Waals surface area contributed by atoms with Crippen molar-refractivity contribution in [2.24, 2.45) is 0 Å². The van der Waals surface area contributed by atoms with E-state index < -0.39 is 0 Å². The van der Waals surface area contributed by atoms with Gasteiger partial charge < -0.3 is 4.74 Å². The van der Waals surface area contributed by atoms with Crippen molar-refractivity contribution in [3.63, 3.8) is 0 Å². The highest BCUT2D eigenvalue weighted by atomic mass is 32.1. The van der Waals surface area contributed by atoms with Gasteiger partial charge in [-0.25, -0.2) is 0 Å². The monoisotopic (exact) mass is 190 g/mol. The predicted molar refractivity (Wildman–Crippen MR) is 57.9 cm³/mol. The third kappa shape index (κ3) is 1.73. The van der Waals surface area contributed by atoms with Gasteiger partial charge in [0.25, 0.3) is 0 Å². The highest BCUT2D eigenvalue weighted by Gasteiger charge is 1.94. The Hall–Kier alpha value is -1.28. The van der Waals surface area contributed by atoms with E-state index in [0.717, 1.165) is 0 Å². The average Bonchev–Trinajstić information content (AvgIpc) is 2.61. The third-order valence-electron chi connectivity index (χ3n) is 1.87. The molecule has 0 saturated heterocycles. The Morgan fingerprint density at radius 2 is 2.23 bits per heavy atom. The molecule has 0 unspecified atom stereocenters. The molecule has 0 atom stereocenters. The Morgan fingerprint density at radius 3 is 3.08 bits per heavy atom. The van der Waals surface area contributed by atoms with E-state index in [1.807, 2.05) is 6.08 Å². The zero-order valence-electron chi connectivity index (χ0n) is 7.36. The zero-order valence-corrected chi connectivity index (χ0v) is 8.17. The summed E-state index contributed by atoms with van der Waals surface area (Å²) >= 11 is 1.76. The number of ether oxygens (including phenoxy) is 1. The number of rotatable bonds is 2. The van der Waals surface area contributed by atoms with Gasteiger partial charge in [-0.2, -0.15) is 0 Å². The lowest BCUT2D eigenvalue weighted by atomic mass is 10.2. The molecule has 1 aromatic heterocycles. The van der Waals surface area contributed by atoms with Gasteiger partial charge in [0.15, 0.2) is 0 Å². The predicted octanol–water partition coefficient (Wildman–Crippen LogP) is 3.52. The molecule has 0 fully saturated rings. The van der Waals surface area contributed by atoms with Crippen molar-refractivity contribution >= 4 is 27.5 Å². The normalized spacial score (nSPS) is 11.2. The molecule has 0 spiro atoms. The number of methoxy groups -OCH3 is 1. The highest BCUT2D eigenvalue weighted by molar-refractivity contribution is 7.17. The van der Waals surface area contributed by atoms with E-state index in [1.54, 1.807) is 24.7 Å². The van der Waals surface area contributed by atoms with Crippen molar-refractivity contribution in [2.75, 3.05) is 7.11 Å². The molecule has 0 saturated carbocycles. The number of benzene rings is 1.